The highest BCUT2D eigenvalue weighted by Crippen LogP contribution is 2.47. The third-order valence-corrected chi connectivity index (χ3v) is 3.84. The van der Waals surface area contributed by atoms with Crippen LogP contribution >= 0.6 is 12.6 Å². The van der Waals surface area contributed by atoms with Crippen molar-refractivity contribution in [2.75, 3.05) is 25.4 Å². The van der Waals surface area contributed by atoms with Crippen molar-refractivity contribution in [3.63, 3.8) is 0 Å². The number of rotatable bonds is 7. The van der Waals surface area contributed by atoms with E-state index in [1.807, 2.05) is 0 Å². The maximum atomic E-state index is 8.83. The molecular weight excluding hydrogens is 194 g/mol. The number of hydrogen-bond acceptors (Lipinski definition) is 3. The molecule has 0 aromatic rings. The highest BCUT2D eigenvalue weighted by Gasteiger charge is 2.42. The molecule has 0 spiro atoms. The Balaban J connectivity index is 2.35. The van der Waals surface area contributed by atoms with Crippen molar-refractivity contribution >= 4 is 12.6 Å². The van der Waals surface area contributed by atoms with Gasteiger partial charge in [0, 0.05) is 25.7 Å². The molecule has 0 saturated heterocycles. The van der Waals surface area contributed by atoms with Gasteiger partial charge in [0.05, 0.1) is 0 Å². The molecule has 14 heavy (non-hydrogen) atoms. The molecule has 0 radical (unpaired) electrons. The fourth-order valence-corrected chi connectivity index (χ4v) is 2.18. The lowest BCUT2D eigenvalue weighted by atomic mass is 10.1. The second-order valence-corrected chi connectivity index (χ2v) is 5.12. The Morgan fingerprint density at radius 3 is 2.43 bits per heavy atom. The summed E-state index contributed by atoms with van der Waals surface area (Å²) in [5.74, 6) is 1.01. The van der Waals surface area contributed by atoms with Gasteiger partial charge in [-0.25, -0.2) is 0 Å². The molecule has 1 N–H and O–H groups in total. The van der Waals surface area contributed by atoms with Gasteiger partial charge in [0.25, 0.3) is 0 Å². The summed E-state index contributed by atoms with van der Waals surface area (Å²) < 4.78 is 0. The summed E-state index contributed by atoms with van der Waals surface area (Å²) in [6.07, 6.45) is 3.55. The van der Waals surface area contributed by atoms with Gasteiger partial charge in [0.15, 0.2) is 0 Å². The Bertz CT molecular complexity index is 169. The summed E-state index contributed by atoms with van der Waals surface area (Å²) in [6.45, 7) is 6.94. The average Bonchev–Trinajstić information content (AvgIpc) is 2.92. The molecule has 0 heterocycles. The monoisotopic (exact) mass is 217 g/mol. The Morgan fingerprint density at radius 2 is 2.07 bits per heavy atom. The summed E-state index contributed by atoms with van der Waals surface area (Å²) in [5.41, 5.74) is 0.503. The largest absolute Gasteiger partial charge is 0.396 e. The minimum atomic E-state index is 0.303. The number of hydrogen-bond donors (Lipinski definition) is 2. The smallest absolute Gasteiger partial charge is 0.0443 e. The van der Waals surface area contributed by atoms with E-state index in [1.54, 1.807) is 0 Å². The van der Waals surface area contributed by atoms with Crippen molar-refractivity contribution in [2.45, 2.75) is 39.2 Å². The Morgan fingerprint density at radius 1 is 1.43 bits per heavy atom. The number of aliphatic hydroxyl groups excluding tert-OH is 1. The molecule has 84 valence electrons. The van der Waals surface area contributed by atoms with E-state index >= 15 is 0 Å². The van der Waals surface area contributed by atoms with Crippen molar-refractivity contribution in [1.82, 2.24) is 4.90 Å². The van der Waals surface area contributed by atoms with E-state index in [9.17, 15) is 0 Å². The van der Waals surface area contributed by atoms with E-state index in [2.05, 4.69) is 31.4 Å². The first-order valence-electron chi connectivity index (χ1n) is 5.59. The molecular formula is C11H23NOS. The third-order valence-electron chi connectivity index (χ3n) is 3.16. The van der Waals surface area contributed by atoms with Crippen LogP contribution in [0, 0.1) is 5.41 Å². The Kier molecular flexibility index (Phi) is 4.74. The van der Waals surface area contributed by atoms with Gasteiger partial charge >= 0.3 is 0 Å². The fraction of sp³-hybridized carbons (Fsp3) is 1.00. The van der Waals surface area contributed by atoms with Gasteiger partial charge < -0.3 is 10.0 Å². The Hall–Kier alpha value is 0.270. The molecule has 0 unspecified atom stereocenters. The van der Waals surface area contributed by atoms with Crippen LogP contribution in [0.3, 0.4) is 0 Å². The van der Waals surface area contributed by atoms with Crippen LogP contribution in [0.4, 0.5) is 0 Å². The Labute approximate surface area is 93.1 Å². The second-order valence-electron chi connectivity index (χ2n) is 4.80. The zero-order chi connectivity index (χ0) is 10.6. The summed E-state index contributed by atoms with van der Waals surface area (Å²) in [7, 11) is 0. The molecule has 0 aromatic heterocycles. The SMILES string of the molecule is CC(C)N(CCCO)CC1(CS)CC1. The molecule has 0 aromatic carbocycles. The second kappa shape index (κ2) is 5.38. The van der Waals surface area contributed by atoms with Crippen molar-refractivity contribution in [1.29, 1.82) is 0 Å². The normalized spacial score (nSPS) is 19.3. The minimum Gasteiger partial charge on any atom is -0.396 e. The number of aliphatic hydroxyl groups is 1. The highest BCUT2D eigenvalue weighted by molar-refractivity contribution is 7.80. The molecule has 0 amide bonds. The molecule has 3 heteroatoms. The van der Waals surface area contributed by atoms with Crippen LogP contribution < -0.4 is 0 Å². The number of nitrogens with zero attached hydrogens (tertiary/aromatic N) is 1. The summed E-state index contributed by atoms with van der Waals surface area (Å²) in [4.78, 5) is 2.47. The van der Waals surface area contributed by atoms with E-state index in [0.717, 1.165) is 25.3 Å². The zero-order valence-electron chi connectivity index (χ0n) is 9.37. The van der Waals surface area contributed by atoms with Gasteiger partial charge in [0.2, 0.25) is 0 Å². The zero-order valence-corrected chi connectivity index (χ0v) is 10.3. The van der Waals surface area contributed by atoms with Crippen LogP contribution in [-0.4, -0.2) is 41.5 Å². The first kappa shape index (κ1) is 12.3. The highest BCUT2D eigenvalue weighted by atomic mass is 32.1. The molecule has 1 aliphatic carbocycles. The minimum absolute atomic E-state index is 0.303. The van der Waals surface area contributed by atoms with Crippen LogP contribution in [0.15, 0.2) is 0 Å². The van der Waals surface area contributed by atoms with Gasteiger partial charge in [-0.3, -0.25) is 0 Å². The van der Waals surface area contributed by atoms with E-state index in [4.69, 9.17) is 5.11 Å². The van der Waals surface area contributed by atoms with Crippen LogP contribution in [0.1, 0.15) is 33.1 Å². The van der Waals surface area contributed by atoms with Crippen LogP contribution in [-0.2, 0) is 0 Å². The molecule has 1 rings (SSSR count). The van der Waals surface area contributed by atoms with Gasteiger partial charge in [-0.1, -0.05) is 0 Å². The molecule has 1 saturated carbocycles. The van der Waals surface area contributed by atoms with Crippen LogP contribution in [0.2, 0.25) is 0 Å². The molecule has 0 bridgehead atoms. The molecule has 0 atom stereocenters. The average molecular weight is 217 g/mol. The maximum Gasteiger partial charge on any atom is 0.0443 e. The van der Waals surface area contributed by atoms with Crippen molar-refractivity contribution in [3.05, 3.63) is 0 Å². The maximum absolute atomic E-state index is 8.83. The summed E-state index contributed by atoms with van der Waals surface area (Å²) in [6, 6.07) is 0.582. The lowest BCUT2D eigenvalue weighted by Gasteiger charge is -2.30. The molecule has 1 aliphatic rings. The van der Waals surface area contributed by atoms with Gasteiger partial charge in [-0.05, 0) is 44.3 Å². The van der Waals surface area contributed by atoms with Gasteiger partial charge in [-0.15, -0.1) is 0 Å². The predicted octanol–water partition coefficient (Wildman–Crippen LogP) is 1.79. The van der Waals surface area contributed by atoms with Crippen LogP contribution in [0.5, 0.6) is 0 Å². The molecule has 2 nitrogen and oxygen atoms in total. The molecule has 0 aliphatic heterocycles. The van der Waals surface area contributed by atoms with E-state index in [0.29, 0.717) is 18.1 Å². The first-order valence-corrected chi connectivity index (χ1v) is 6.22. The first-order chi connectivity index (χ1) is 6.63. The molecule has 1 fully saturated rings. The van der Waals surface area contributed by atoms with Crippen molar-refractivity contribution in [2.24, 2.45) is 5.41 Å². The van der Waals surface area contributed by atoms with Crippen molar-refractivity contribution < 1.29 is 5.11 Å². The number of thiol groups is 1. The van der Waals surface area contributed by atoms with Gasteiger partial charge in [-0.2, -0.15) is 12.6 Å². The lowest BCUT2D eigenvalue weighted by molar-refractivity contribution is 0.166. The van der Waals surface area contributed by atoms with E-state index in [-0.39, 0.29) is 0 Å². The van der Waals surface area contributed by atoms with Crippen LogP contribution in [0.25, 0.3) is 0 Å². The fourth-order valence-electron chi connectivity index (χ4n) is 1.77. The topological polar surface area (TPSA) is 23.5 Å². The van der Waals surface area contributed by atoms with Gasteiger partial charge in [0.1, 0.15) is 0 Å². The standard InChI is InChI=1S/C11H23NOS/c1-10(2)12(6-3-7-13)8-11(9-14)4-5-11/h10,13-14H,3-9H2,1-2H3. The summed E-state index contributed by atoms with van der Waals surface area (Å²) >= 11 is 4.42. The van der Waals surface area contributed by atoms with E-state index in [1.165, 1.54) is 12.8 Å². The van der Waals surface area contributed by atoms with Crippen molar-refractivity contribution in [3.8, 4) is 0 Å². The third kappa shape index (κ3) is 3.44. The van der Waals surface area contributed by atoms with E-state index < -0.39 is 0 Å². The summed E-state index contributed by atoms with van der Waals surface area (Å²) in [5, 5.41) is 8.83. The quantitative estimate of drug-likeness (QED) is 0.635. The lowest BCUT2D eigenvalue weighted by Crippen LogP contribution is -2.37. The predicted molar refractivity (Wildman–Crippen MR) is 63.9 cm³/mol.